The van der Waals surface area contributed by atoms with Crippen LogP contribution in [0.2, 0.25) is 0 Å². The molecule has 21 heavy (non-hydrogen) atoms. The summed E-state index contributed by atoms with van der Waals surface area (Å²) < 4.78 is 0. The van der Waals surface area contributed by atoms with E-state index in [1.807, 2.05) is 37.3 Å². The minimum absolute atomic E-state index is 0.149. The molecule has 0 spiro atoms. The molecule has 0 fully saturated rings. The number of hydrazone groups is 2. The maximum Gasteiger partial charge on any atom is 0.248 e. The SMILES string of the molecule is CC1=NNC(=O)C1CCC(=O)N/N=C(\C)c1ccccc1. The fourth-order valence-electron chi connectivity index (χ4n) is 2.05. The number of nitrogens with one attached hydrogen (secondary N) is 2. The minimum atomic E-state index is -0.310. The molecule has 2 amide bonds. The maximum absolute atomic E-state index is 11.8. The van der Waals surface area contributed by atoms with Crippen molar-refractivity contribution in [2.75, 3.05) is 0 Å². The molecule has 6 nitrogen and oxygen atoms in total. The molecule has 0 saturated heterocycles. The van der Waals surface area contributed by atoms with Crippen LogP contribution in [0.4, 0.5) is 0 Å². The number of hydrogen-bond acceptors (Lipinski definition) is 4. The number of rotatable bonds is 5. The summed E-state index contributed by atoms with van der Waals surface area (Å²) in [7, 11) is 0. The molecule has 1 atom stereocenters. The number of benzene rings is 1. The van der Waals surface area contributed by atoms with Crippen molar-refractivity contribution >= 4 is 23.2 Å². The van der Waals surface area contributed by atoms with E-state index in [1.165, 1.54) is 0 Å². The minimum Gasteiger partial charge on any atom is -0.273 e. The van der Waals surface area contributed by atoms with Gasteiger partial charge in [-0.1, -0.05) is 30.3 Å². The van der Waals surface area contributed by atoms with Gasteiger partial charge in [-0.15, -0.1) is 0 Å². The van der Waals surface area contributed by atoms with Crippen LogP contribution < -0.4 is 10.9 Å². The molecule has 0 aliphatic carbocycles. The first-order valence-corrected chi connectivity index (χ1v) is 6.80. The number of carbonyl (C=O) groups excluding carboxylic acids is 2. The second kappa shape index (κ2) is 6.78. The molecule has 6 heteroatoms. The summed E-state index contributed by atoms with van der Waals surface area (Å²) in [6, 6.07) is 9.60. The monoisotopic (exact) mass is 286 g/mol. The summed E-state index contributed by atoms with van der Waals surface area (Å²) in [6.07, 6.45) is 0.670. The maximum atomic E-state index is 11.8. The van der Waals surface area contributed by atoms with E-state index in [1.54, 1.807) is 6.92 Å². The molecule has 0 radical (unpaired) electrons. The van der Waals surface area contributed by atoms with Crippen molar-refractivity contribution in [3.05, 3.63) is 35.9 Å². The van der Waals surface area contributed by atoms with Crippen LogP contribution in [-0.4, -0.2) is 23.2 Å². The van der Waals surface area contributed by atoms with Gasteiger partial charge in [0.15, 0.2) is 0 Å². The smallest absolute Gasteiger partial charge is 0.248 e. The van der Waals surface area contributed by atoms with E-state index in [0.717, 1.165) is 17.0 Å². The Balaban J connectivity index is 1.83. The molecule has 0 saturated carbocycles. The van der Waals surface area contributed by atoms with Gasteiger partial charge in [0.25, 0.3) is 0 Å². The summed E-state index contributed by atoms with van der Waals surface area (Å²) in [5, 5.41) is 7.91. The summed E-state index contributed by atoms with van der Waals surface area (Å²) in [4.78, 5) is 23.2. The van der Waals surface area contributed by atoms with Crippen LogP contribution in [0.3, 0.4) is 0 Å². The molecule has 110 valence electrons. The fraction of sp³-hybridized carbons (Fsp3) is 0.333. The number of amides is 2. The molecule has 1 aromatic carbocycles. The molecule has 0 bridgehead atoms. The third-order valence-electron chi connectivity index (χ3n) is 3.36. The normalized spacial score (nSPS) is 18.2. The van der Waals surface area contributed by atoms with Gasteiger partial charge in [0.1, 0.15) is 0 Å². The lowest BCUT2D eigenvalue weighted by molar-refractivity contribution is -0.123. The van der Waals surface area contributed by atoms with Crippen LogP contribution >= 0.6 is 0 Å². The van der Waals surface area contributed by atoms with E-state index in [-0.39, 0.29) is 24.2 Å². The van der Waals surface area contributed by atoms with Crippen molar-refractivity contribution in [3.63, 3.8) is 0 Å². The average molecular weight is 286 g/mol. The Hall–Kier alpha value is -2.50. The van der Waals surface area contributed by atoms with Gasteiger partial charge < -0.3 is 0 Å². The molecule has 1 aliphatic rings. The molecule has 1 unspecified atom stereocenters. The first-order valence-electron chi connectivity index (χ1n) is 6.80. The van der Waals surface area contributed by atoms with Gasteiger partial charge in [-0.05, 0) is 25.8 Å². The van der Waals surface area contributed by atoms with E-state index >= 15 is 0 Å². The van der Waals surface area contributed by atoms with Crippen molar-refractivity contribution in [2.24, 2.45) is 16.1 Å². The number of carbonyl (C=O) groups is 2. The van der Waals surface area contributed by atoms with E-state index in [2.05, 4.69) is 21.1 Å². The molecule has 0 aromatic heterocycles. The second-order valence-corrected chi connectivity index (χ2v) is 4.92. The van der Waals surface area contributed by atoms with Crippen LogP contribution in [0.15, 0.2) is 40.5 Å². The number of nitrogens with zero attached hydrogens (tertiary/aromatic N) is 2. The molecule has 1 aromatic rings. The predicted octanol–water partition coefficient (Wildman–Crippen LogP) is 1.43. The van der Waals surface area contributed by atoms with Crippen LogP contribution in [0.1, 0.15) is 32.3 Å². The topological polar surface area (TPSA) is 82.9 Å². The van der Waals surface area contributed by atoms with Gasteiger partial charge in [0.2, 0.25) is 11.8 Å². The molecular weight excluding hydrogens is 268 g/mol. The molecule has 2 rings (SSSR count). The lowest BCUT2D eigenvalue weighted by atomic mass is 9.99. The van der Waals surface area contributed by atoms with Crippen LogP contribution in [0.5, 0.6) is 0 Å². The Morgan fingerprint density at radius 3 is 2.71 bits per heavy atom. The zero-order valence-electron chi connectivity index (χ0n) is 12.1. The average Bonchev–Trinajstić information content (AvgIpc) is 2.82. The van der Waals surface area contributed by atoms with Gasteiger partial charge in [0, 0.05) is 12.1 Å². The van der Waals surface area contributed by atoms with Crippen molar-refractivity contribution in [2.45, 2.75) is 26.7 Å². The Kier molecular flexibility index (Phi) is 4.81. The van der Waals surface area contributed by atoms with E-state index in [4.69, 9.17) is 0 Å². The Labute approximate surface area is 123 Å². The highest BCUT2D eigenvalue weighted by atomic mass is 16.2. The fourth-order valence-corrected chi connectivity index (χ4v) is 2.05. The lowest BCUT2D eigenvalue weighted by Crippen LogP contribution is -2.25. The van der Waals surface area contributed by atoms with Gasteiger partial charge in [-0.2, -0.15) is 10.2 Å². The van der Waals surface area contributed by atoms with Crippen molar-refractivity contribution in [3.8, 4) is 0 Å². The third-order valence-corrected chi connectivity index (χ3v) is 3.36. The Morgan fingerprint density at radius 1 is 1.38 bits per heavy atom. The second-order valence-electron chi connectivity index (χ2n) is 4.92. The van der Waals surface area contributed by atoms with Crippen LogP contribution in [-0.2, 0) is 9.59 Å². The van der Waals surface area contributed by atoms with Crippen molar-refractivity contribution in [1.29, 1.82) is 0 Å². The van der Waals surface area contributed by atoms with Crippen molar-refractivity contribution < 1.29 is 9.59 Å². The third kappa shape index (κ3) is 3.98. The first-order chi connectivity index (χ1) is 10.1. The van der Waals surface area contributed by atoms with E-state index < -0.39 is 0 Å². The largest absolute Gasteiger partial charge is 0.273 e. The molecular formula is C15H18N4O2. The van der Waals surface area contributed by atoms with Crippen molar-refractivity contribution in [1.82, 2.24) is 10.9 Å². The Morgan fingerprint density at radius 2 is 2.10 bits per heavy atom. The first kappa shape index (κ1) is 14.9. The van der Waals surface area contributed by atoms with Gasteiger partial charge in [-0.3, -0.25) is 9.59 Å². The van der Waals surface area contributed by atoms with Gasteiger partial charge >= 0.3 is 0 Å². The lowest BCUT2D eigenvalue weighted by Gasteiger charge is -2.07. The zero-order chi connectivity index (χ0) is 15.2. The standard InChI is InChI=1S/C15H18N4O2/c1-10(12-6-4-3-5-7-12)16-18-14(20)9-8-13-11(2)17-19-15(13)21/h3-7,13H,8-9H2,1-2H3,(H,18,20)(H,19,21)/b16-10+. The van der Waals surface area contributed by atoms with Gasteiger partial charge in [0.05, 0.1) is 11.6 Å². The summed E-state index contributed by atoms with van der Waals surface area (Å²) in [5.41, 5.74) is 7.33. The van der Waals surface area contributed by atoms with Crippen LogP contribution in [0, 0.1) is 5.92 Å². The molecule has 2 N–H and O–H groups in total. The highest BCUT2D eigenvalue weighted by Gasteiger charge is 2.26. The quantitative estimate of drug-likeness (QED) is 0.634. The van der Waals surface area contributed by atoms with E-state index in [9.17, 15) is 9.59 Å². The molecule has 1 aliphatic heterocycles. The summed E-state index contributed by atoms with van der Waals surface area (Å²) in [6.45, 7) is 3.61. The summed E-state index contributed by atoms with van der Waals surface area (Å²) in [5.74, 6) is -0.669. The zero-order valence-corrected chi connectivity index (χ0v) is 12.1. The highest BCUT2D eigenvalue weighted by Crippen LogP contribution is 2.13. The van der Waals surface area contributed by atoms with Crippen LogP contribution in [0.25, 0.3) is 0 Å². The predicted molar refractivity (Wildman–Crippen MR) is 80.8 cm³/mol. The number of hydrogen-bond donors (Lipinski definition) is 2. The molecule has 1 heterocycles. The van der Waals surface area contributed by atoms with E-state index in [0.29, 0.717) is 6.42 Å². The summed E-state index contributed by atoms with van der Waals surface area (Å²) >= 11 is 0. The highest BCUT2D eigenvalue weighted by molar-refractivity contribution is 6.07. The Bertz CT molecular complexity index is 593. The van der Waals surface area contributed by atoms with Gasteiger partial charge in [-0.25, -0.2) is 10.9 Å².